The number of carbonyl (C=O) groups excluding carboxylic acids is 1. The molecule has 19 heavy (non-hydrogen) atoms. The number of amides is 1. The Morgan fingerprint density at radius 1 is 1.11 bits per heavy atom. The summed E-state index contributed by atoms with van der Waals surface area (Å²) in [6.45, 7) is 3.06. The zero-order valence-electron chi connectivity index (χ0n) is 11.5. The summed E-state index contributed by atoms with van der Waals surface area (Å²) in [6, 6.07) is 0. The van der Waals surface area contributed by atoms with Gasteiger partial charge in [-0.1, -0.05) is 10.7 Å². The molecule has 1 fully saturated rings. The van der Waals surface area contributed by atoms with Crippen molar-refractivity contribution in [2.24, 2.45) is 3.77 Å². The molecule has 0 aromatic carbocycles. The Kier molecular flexibility index (Phi) is 5.34. The highest BCUT2D eigenvalue weighted by atomic mass is 32.3. The van der Waals surface area contributed by atoms with Crippen LogP contribution in [-0.4, -0.2) is 66.4 Å². The van der Waals surface area contributed by atoms with E-state index in [0.717, 1.165) is 6.42 Å². The van der Waals surface area contributed by atoms with Crippen molar-refractivity contribution < 1.29 is 17.4 Å². The van der Waals surface area contributed by atoms with Gasteiger partial charge in [-0.3, -0.25) is 4.79 Å². The second-order valence-corrected chi connectivity index (χ2v) is 9.13. The first kappa shape index (κ1) is 16.4. The Morgan fingerprint density at radius 3 is 2.05 bits per heavy atom. The molecule has 0 aliphatic carbocycles. The van der Waals surface area contributed by atoms with Crippen molar-refractivity contribution in [2.75, 3.05) is 38.7 Å². The zero-order valence-corrected chi connectivity index (χ0v) is 13.2. The van der Waals surface area contributed by atoms with Gasteiger partial charge in [0.1, 0.15) is 0 Å². The fourth-order valence-corrected chi connectivity index (χ4v) is 4.63. The van der Waals surface area contributed by atoms with E-state index in [1.807, 2.05) is 6.92 Å². The van der Waals surface area contributed by atoms with Crippen molar-refractivity contribution in [3.05, 3.63) is 0 Å². The summed E-state index contributed by atoms with van der Waals surface area (Å²) in [5.41, 5.74) is 0. The van der Waals surface area contributed by atoms with Crippen molar-refractivity contribution in [2.45, 2.75) is 19.8 Å². The summed E-state index contributed by atoms with van der Waals surface area (Å²) in [5.74, 6) is 0.0475. The normalized spacial score (nSPS) is 18.4. The molecule has 0 bridgehead atoms. The van der Waals surface area contributed by atoms with Crippen molar-refractivity contribution in [1.82, 2.24) is 9.21 Å². The van der Waals surface area contributed by atoms with Crippen LogP contribution in [0.3, 0.4) is 0 Å². The fourth-order valence-electron chi connectivity index (χ4n) is 1.81. The molecule has 0 aromatic rings. The van der Waals surface area contributed by atoms with Crippen molar-refractivity contribution >= 4 is 25.8 Å². The van der Waals surface area contributed by atoms with E-state index in [-0.39, 0.29) is 19.0 Å². The van der Waals surface area contributed by atoms with Crippen LogP contribution in [0.2, 0.25) is 0 Å². The summed E-state index contributed by atoms with van der Waals surface area (Å²) < 4.78 is 39.8. The third-order valence-corrected chi connectivity index (χ3v) is 5.86. The molecule has 9 heteroatoms. The van der Waals surface area contributed by atoms with E-state index >= 15 is 0 Å². The fraction of sp³-hybridized carbons (Fsp3) is 0.900. The largest absolute Gasteiger partial charge is 0.340 e. The van der Waals surface area contributed by atoms with Gasteiger partial charge in [0, 0.05) is 45.1 Å². The third kappa shape index (κ3) is 5.07. The number of carbonyl (C=O) groups is 1. The van der Waals surface area contributed by atoms with Gasteiger partial charge in [-0.2, -0.15) is 12.7 Å². The van der Waals surface area contributed by atoms with Crippen molar-refractivity contribution in [3.63, 3.8) is 0 Å². The van der Waals surface area contributed by atoms with Crippen LogP contribution in [0.1, 0.15) is 19.8 Å². The SMILES string of the molecule is CCCC(=O)N1CCN(S(=O)(=O)N=S(C)(C)=O)CC1. The molecule has 0 saturated carbocycles. The highest BCUT2D eigenvalue weighted by Crippen LogP contribution is 2.11. The molecule has 0 atom stereocenters. The van der Waals surface area contributed by atoms with Gasteiger partial charge in [0.05, 0.1) is 9.73 Å². The van der Waals surface area contributed by atoms with E-state index < -0.39 is 19.9 Å². The molecule has 0 aromatic heterocycles. The maximum Gasteiger partial charge on any atom is 0.330 e. The van der Waals surface area contributed by atoms with E-state index in [1.165, 1.54) is 16.8 Å². The van der Waals surface area contributed by atoms with E-state index in [9.17, 15) is 17.4 Å². The molecular weight excluding hydrogens is 290 g/mol. The lowest BCUT2D eigenvalue weighted by atomic mass is 10.2. The minimum absolute atomic E-state index is 0.0475. The Bertz CT molecular complexity index is 533. The van der Waals surface area contributed by atoms with Gasteiger partial charge >= 0.3 is 10.2 Å². The highest BCUT2D eigenvalue weighted by molar-refractivity contribution is 8.01. The molecule has 0 unspecified atom stereocenters. The lowest BCUT2D eigenvalue weighted by molar-refractivity contribution is -0.132. The Balaban J connectivity index is 2.69. The Morgan fingerprint density at radius 2 is 1.63 bits per heavy atom. The second kappa shape index (κ2) is 6.19. The molecule has 1 aliphatic heterocycles. The summed E-state index contributed by atoms with van der Waals surface area (Å²) in [7, 11) is -6.56. The van der Waals surface area contributed by atoms with Gasteiger partial charge in [-0.05, 0) is 6.42 Å². The topological polar surface area (TPSA) is 87.1 Å². The van der Waals surface area contributed by atoms with Crippen LogP contribution in [0.5, 0.6) is 0 Å². The summed E-state index contributed by atoms with van der Waals surface area (Å²) in [4.78, 5) is 13.3. The van der Waals surface area contributed by atoms with Crippen LogP contribution in [-0.2, 0) is 24.7 Å². The first-order valence-electron chi connectivity index (χ1n) is 6.12. The maximum absolute atomic E-state index is 11.9. The van der Waals surface area contributed by atoms with Gasteiger partial charge in [-0.15, -0.1) is 0 Å². The van der Waals surface area contributed by atoms with Gasteiger partial charge < -0.3 is 4.90 Å². The molecule has 1 rings (SSSR count). The molecule has 112 valence electrons. The first-order valence-corrected chi connectivity index (χ1v) is 9.85. The number of piperazine rings is 1. The zero-order chi connectivity index (χ0) is 14.7. The van der Waals surface area contributed by atoms with Crippen molar-refractivity contribution in [3.8, 4) is 0 Å². The summed E-state index contributed by atoms with van der Waals surface area (Å²) in [6.07, 6.45) is 3.83. The molecule has 0 N–H and O–H groups in total. The number of nitrogens with zero attached hydrogens (tertiary/aromatic N) is 3. The van der Waals surface area contributed by atoms with Gasteiger partial charge in [0.15, 0.2) is 0 Å². The van der Waals surface area contributed by atoms with E-state index in [0.29, 0.717) is 19.5 Å². The molecule has 1 heterocycles. The van der Waals surface area contributed by atoms with E-state index in [4.69, 9.17) is 0 Å². The smallest absolute Gasteiger partial charge is 0.330 e. The molecular formula is C10H21N3O4S2. The lowest BCUT2D eigenvalue weighted by Gasteiger charge is -2.32. The number of hydrogen-bond acceptors (Lipinski definition) is 4. The van der Waals surface area contributed by atoms with Crippen LogP contribution >= 0.6 is 0 Å². The highest BCUT2D eigenvalue weighted by Gasteiger charge is 2.28. The maximum atomic E-state index is 11.9. The first-order chi connectivity index (χ1) is 8.65. The van der Waals surface area contributed by atoms with Gasteiger partial charge in [0.25, 0.3) is 0 Å². The Labute approximate surface area is 115 Å². The van der Waals surface area contributed by atoms with E-state index in [1.54, 1.807) is 4.90 Å². The average Bonchev–Trinajstić information content (AvgIpc) is 2.26. The van der Waals surface area contributed by atoms with Crippen LogP contribution in [0.25, 0.3) is 0 Å². The van der Waals surface area contributed by atoms with Gasteiger partial charge in [0.2, 0.25) is 5.91 Å². The van der Waals surface area contributed by atoms with Crippen LogP contribution in [0.4, 0.5) is 0 Å². The van der Waals surface area contributed by atoms with Crippen LogP contribution in [0.15, 0.2) is 3.77 Å². The molecule has 1 amide bonds. The third-order valence-electron chi connectivity index (χ3n) is 2.66. The van der Waals surface area contributed by atoms with Crippen LogP contribution < -0.4 is 0 Å². The molecule has 0 radical (unpaired) electrons. The van der Waals surface area contributed by atoms with Gasteiger partial charge in [-0.25, -0.2) is 4.21 Å². The molecule has 1 saturated heterocycles. The average molecular weight is 311 g/mol. The number of hydrogen-bond donors (Lipinski definition) is 0. The minimum Gasteiger partial charge on any atom is -0.340 e. The van der Waals surface area contributed by atoms with Crippen molar-refractivity contribution in [1.29, 1.82) is 0 Å². The lowest BCUT2D eigenvalue weighted by Crippen LogP contribution is -2.50. The quantitative estimate of drug-likeness (QED) is 0.725. The second-order valence-electron chi connectivity index (χ2n) is 4.76. The minimum atomic E-state index is -3.86. The predicted octanol–water partition coefficient (Wildman–Crippen LogP) is -0.0969. The number of rotatable bonds is 4. The molecule has 7 nitrogen and oxygen atoms in total. The molecule has 0 spiro atoms. The Hall–Kier alpha value is -0.670. The summed E-state index contributed by atoms with van der Waals surface area (Å²) >= 11 is 0. The predicted molar refractivity (Wildman–Crippen MR) is 74.4 cm³/mol. The van der Waals surface area contributed by atoms with E-state index in [2.05, 4.69) is 3.77 Å². The monoisotopic (exact) mass is 311 g/mol. The summed E-state index contributed by atoms with van der Waals surface area (Å²) in [5, 5.41) is 0. The van der Waals surface area contributed by atoms with Crippen LogP contribution in [0, 0.1) is 0 Å². The molecule has 1 aliphatic rings. The standard InChI is InChI=1S/C10H21N3O4S2/c1-4-5-10(14)12-6-8-13(9-7-12)19(16,17)11-18(2,3)15/h4-9H2,1-3H3.